The number of hydrogen-bond acceptors (Lipinski definition) is 5. The Morgan fingerprint density at radius 1 is 0.309 bits per heavy atom. The van der Waals surface area contributed by atoms with Crippen molar-refractivity contribution in [3.63, 3.8) is 0 Å². The lowest BCUT2D eigenvalue weighted by Crippen LogP contribution is -2.30. The van der Waals surface area contributed by atoms with Crippen molar-refractivity contribution in [2.45, 2.75) is 348 Å². The molecular weight excluding hydrogens is 837 g/mol. The number of esters is 2. The second kappa shape index (κ2) is 59.7. The summed E-state index contributed by atoms with van der Waals surface area (Å²) < 4.78 is 17.5. The van der Waals surface area contributed by atoms with Crippen LogP contribution in [0.25, 0.3) is 0 Å². The Balaban J connectivity index is 4.21. The molecule has 5 heteroatoms. The Morgan fingerprint density at radius 3 is 0.897 bits per heavy atom. The fourth-order valence-electron chi connectivity index (χ4n) is 9.33. The third kappa shape index (κ3) is 57.0. The lowest BCUT2D eigenvalue weighted by Gasteiger charge is -2.18. The van der Waals surface area contributed by atoms with Crippen LogP contribution in [-0.2, 0) is 23.8 Å². The zero-order valence-electron chi connectivity index (χ0n) is 46.4. The van der Waals surface area contributed by atoms with Crippen LogP contribution in [0.5, 0.6) is 0 Å². The van der Waals surface area contributed by atoms with Crippen molar-refractivity contribution in [1.29, 1.82) is 0 Å². The number of ether oxygens (including phenoxy) is 3. The molecule has 0 N–H and O–H groups in total. The standard InChI is InChI=1S/C63H120O5/c1-4-7-10-13-16-19-22-25-28-30-31-32-34-37-40-43-46-49-52-55-58-66-59-61(68-63(65)57-54-51-48-45-42-39-35-27-24-21-18-15-12-9-6-3)60-67-62(64)56-53-50-47-44-41-38-36-33-29-26-23-20-17-14-11-8-5-2/h25,27-28,35,61H,4-24,26,29-34,36-60H2,1-3H3/b28-25-,35-27-. The molecule has 1 unspecified atom stereocenters. The maximum atomic E-state index is 12.9. The van der Waals surface area contributed by atoms with Gasteiger partial charge in [0, 0.05) is 19.4 Å². The predicted octanol–water partition coefficient (Wildman–Crippen LogP) is 21.1. The molecule has 0 amide bonds. The minimum Gasteiger partial charge on any atom is -0.462 e. The second-order valence-corrected chi connectivity index (χ2v) is 21.0. The molecule has 0 rings (SSSR count). The highest BCUT2D eigenvalue weighted by Gasteiger charge is 2.18. The maximum Gasteiger partial charge on any atom is 0.306 e. The zero-order valence-corrected chi connectivity index (χ0v) is 46.4. The summed E-state index contributed by atoms with van der Waals surface area (Å²) in [6, 6.07) is 0. The normalized spacial score (nSPS) is 12.2. The number of hydrogen-bond donors (Lipinski definition) is 0. The minimum atomic E-state index is -0.536. The summed E-state index contributed by atoms with van der Waals surface area (Å²) in [5.74, 6) is -0.383. The Kier molecular flexibility index (Phi) is 58.3. The first kappa shape index (κ1) is 66.4. The number of unbranched alkanes of at least 4 members (excludes halogenated alkanes) is 43. The van der Waals surface area contributed by atoms with E-state index in [1.54, 1.807) is 0 Å². The second-order valence-electron chi connectivity index (χ2n) is 21.0. The van der Waals surface area contributed by atoms with Crippen molar-refractivity contribution in [2.24, 2.45) is 0 Å². The van der Waals surface area contributed by atoms with Gasteiger partial charge >= 0.3 is 11.9 Å². The Bertz CT molecular complexity index is 1040. The van der Waals surface area contributed by atoms with E-state index in [-0.39, 0.29) is 18.5 Å². The number of carbonyl (C=O) groups excluding carboxylic acids is 2. The van der Waals surface area contributed by atoms with E-state index in [1.165, 1.54) is 263 Å². The fraction of sp³-hybridized carbons (Fsp3) is 0.905. The van der Waals surface area contributed by atoms with Gasteiger partial charge in [-0.1, -0.05) is 283 Å². The first-order chi connectivity index (χ1) is 33.6. The minimum absolute atomic E-state index is 0.0891. The van der Waals surface area contributed by atoms with E-state index < -0.39 is 6.10 Å². The molecule has 0 spiro atoms. The lowest BCUT2D eigenvalue weighted by molar-refractivity contribution is -0.163. The molecule has 0 radical (unpaired) electrons. The summed E-state index contributed by atoms with van der Waals surface area (Å²) in [6.45, 7) is 7.89. The summed E-state index contributed by atoms with van der Waals surface area (Å²) in [6.07, 6.45) is 72.1. The molecule has 0 aliphatic rings. The summed E-state index contributed by atoms with van der Waals surface area (Å²) in [5, 5.41) is 0. The summed E-state index contributed by atoms with van der Waals surface area (Å²) in [7, 11) is 0. The van der Waals surface area contributed by atoms with E-state index in [0.717, 1.165) is 44.9 Å². The molecule has 0 aliphatic carbocycles. The van der Waals surface area contributed by atoms with E-state index in [2.05, 4.69) is 45.1 Å². The van der Waals surface area contributed by atoms with Gasteiger partial charge in [-0.3, -0.25) is 9.59 Å². The molecule has 0 saturated carbocycles. The van der Waals surface area contributed by atoms with Gasteiger partial charge in [0.2, 0.25) is 0 Å². The summed E-state index contributed by atoms with van der Waals surface area (Å²) in [5.41, 5.74) is 0. The maximum absolute atomic E-state index is 12.9. The quantitative estimate of drug-likeness (QED) is 0.0345. The number of rotatable bonds is 58. The Hall–Kier alpha value is -1.62. The number of allylic oxidation sites excluding steroid dienone is 4. The van der Waals surface area contributed by atoms with Gasteiger partial charge in [0.25, 0.3) is 0 Å². The monoisotopic (exact) mass is 957 g/mol. The molecule has 0 fully saturated rings. The topological polar surface area (TPSA) is 61.8 Å². The van der Waals surface area contributed by atoms with Crippen molar-refractivity contribution >= 4 is 11.9 Å². The molecule has 5 nitrogen and oxygen atoms in total. The average Bonchev–Trinajstić information content (AvgIpc) is 3.34. The number of carbonyl (C=O) groups is 2. The average molecular weight is 958 g/mol. The molecule has 0 bridgehead atoms. The van der Waals surface area contributed by atoms with Crippen molar-refractivity contribution in [3.8, 4) is 0 Å². The molecule has 0 aromatic carbocycles. The third-order valence-corrected chi connectivity index (χ3v) is 14.0. The van der Waals surface area contributed by atoms with E-state index in [1.807, 2.05) is 0 Å². The Morgan fingerprint density at radius 2 is 0.574 bits per heavy atom. The van der Waals surface area contributed by atoms with E-state index in [9.17, 15) is 9.59 Å². The van der Waals surface area contributed by atoms with Crippen LogP contribution < -0.4 is 0 Å². The van der Waals surface area contributed by atoms with E-state index in [4.69, 9.17) is 14.2 Å². The van der Waals surface area contributed by atoms with E-state index >= 15 is 0 Å². The summed E-state index contributed by atoms with van der Waals surface area (Å²) in [4.78, 5) is 25.6. The van der Waals surface area contributed by atoms with Gasteiger partial charge < -0.3 is 14.2 Å². The lowest BCUT2D eigenvalue weighted by atomic mass is 10.0. The van der Waals surface area contributed by atoms with Crippen LogP contribution in [0.3, 0.4) is 0 Å². The van der Waals surface area contributed by atoms with Crippen LogP contribution in [0.4, 0.5) is 0 Å². The SMILES string of the molecule is CCCCCCCC/C=C\CCCCCCCCCCCCOCC(COC(=O)CCCCCCCCCCCCCCCCCCC)OC(=O)CCCCCCC/C=C\CCCCCCCC. The highest BCUT2D eigenvalue weighted by atomic mass is 16.6. The van der Waals surface area contributed by atoms with Crippen LogP contribution in [0.1, 0.15) is 342 Å². The Labute approximate surface area is 426 Å². The largest absolute Gasteiger partial charge is 0.462 e. The molecule has 0 aromatic heterocycles. The highest BCUT2D eigenvalue weighted by Crippen LogP contribution is 2.17. The van der Waals surface area contributed by atoms with Crippen molar-refractivity contribution in [1.82, 2.24) is 0 Å². The smallest absolute Gasteiger partial charge is 0.306 e. The zero-order chi connectivity index (χ0) is 49.2. The molecular formula is C63H120O5. The van der Waals surface area contributed by atoms with Gasteiger partial charge in [-0.2, -0.15) is 0 Å². The van der Waals surface area contributed by atoms with E-state index in [0.29, 0.717) is 26.1 Å². The first-order valence-electron chi connectivity index (χ1n) is 30.9. The fourth-order valence-corrected chi connectivity index (χ4v) is 9.33. The van der Waals surface area contributed by atoms with Gasteiger partial charge in [-0.25, -0.2) is 0 Å². The van der Waals surface area contributed by atoms with Crippen molar-refractivity contribution in [2.75, 3.05) is 19.8 Å². The van der Waals surface area contributed by atoms with Gasteiger partial charge in [-0.15, -0.1) is 0 Å². The van der Waals surface area contributed by atoms with Crippen LogP contribution in [0, 0.1) is 0 Å². The molecule has 68 heavy (non-hydrogen) atoms. The van der Waals surface area contributed by atoms with Crippen LogP contribution >= 0.6 is 0 Å². The third-order valence-electron chi connectivity index (χ3n) is 14.0. The van der Waals surface area contributed by atoms with Crippen LogP contribution in [0.15, 0.2) is 24.3 Å². The van der Waals surface area contributed by atoms with Crippen LogP contribution in [0.2, 0.25) is 0 Å². The van der Waals surface area contributed by atoms with Gasteiger partial charge in [0.1, 0.15) is 6.61 Å². The van der Waals surface area contributed by atoms with Gasteiger partial charge in [-0.05, 0) is 70.6 Å². The molecule has 402 valence electrons. The molecule has 1 atom stereocenters. The highest BCUT2D eigenvalue weighted by molar-refractivity contribution is 5.70. The molecule has 0 heterocycles. The summed E-state index contributed by atoms with van der Waals surface area (Å²) >= 11 is 0. The predicted molar refractivity (Wildman–Crippen MR) is 298 cm³/mol. The first-order valence-corrected chi connectivity index (χ1v) is 30.9. The van der Waals surface area contributed by atoms with Gasteiger partial charge in [0.05, 0.1) is 6.61 Å². The molecule has 0 aliphatic heterocycles. The van der Waals surface area contributed by atoms with Crippen molar-refractivity contribution in [3.05, 3.63) is 24.3 Å². The van der Waals surface area contributed by atoms with Gasteiger partial charge in [0.15, 0.2) is 6.10 Å². The van der Waals surface area contributed by atoms with Crippen LogP contribution in [-0.4, -0.2) is 37.9 Å². The van der Waals surface area contributed by atoms with Crippen molar-refractivity contribution < 1.29 is 23.8 Å². The molecule has 0 aromatic rings. The molecule has 0 saturated heterocycles.